The maximum atomic E-state index is 13.3. The molecule has 8 N–H and O–H groups in total. The Hall–Kier alpha value is -3.39. The summed E-state index contributed by atoms with van der Waals surface area (Å²) in [6.45, 7) is 0.849. The number of nitrogens with one attached hydrogen (secondary N) is 5. The van der Waals surface area contributed by atoms with Crippen LogP contribution in [-0.4, -0.2) is 80.0 Å². The van der Waals surface area contributed by atoms with Gasteiger partial charge in [0, 0.05) is 13.1 Å². The fourth-order valence-corrected chi connectivity index (χ4v) is 5.34. The van der Waals surface area contributed by atoms with E-state index in [4.69, 9.17) is 11.1 Å². The molecule has 0 aliphatic carbocycles. The number of hydrogen-bond acceptors (Lipinski definition) is 7. The van der Waals surface area contributed by atoms with E-state index < -0.39 is 46.6 Å². The minimum Gasteiger partial charge on any atom is -0.480 e. The van der Waals surface area contributed by atoms with Crippen molar-refractivity contribution in [1.29, 1.82) is 5.41 Å². The van der Waals surface area contributed by atoms with Gasteiger partial charge in [-0.2, -0.15) is 0 Å². The topological polar surface area (TPSA) is 207 Å². The molecule has 1 aromatic rings. The summed E-state index contributed by atoms with van der Waals surface area (Å²) in [5.41, 5.74) is 5.20. The summed E-state index contributed by atoms with van der Waals surface area (Å²) >= 11 is 0. The van der Waals surface area contributed by atoms with Crippen molar-refractivity contribution in [2.45, 2.75) is 55.5 Å². The van der Waals surface area contributed by atoms with Crippen LogP contribution < -0.4 is 27.0 Å². The van der Waals surface area contributed by atoms with Crippen LogP contribution >= 0.6 is 0 Å². The fraction of sp³-hybridized carbons (Fsp3) is 0.545. The van der Waals surface area contributed by atoms with Gasteiger partial charge in [-0.1, -0.05) is 31.0 Å². The smallest absolute Gasteiger partial charge is 0.329 e. The SMILES string of the molecule is N=C(N)NCCCCCCNC(=O)NC[C@@H](C(=O)O)N(C(=O)[C@@H]1CCCN1)S(=O)(=O)c1ccccc1. The summed E-state index contributed by atoms with van der Waals surface area (Å²) in [5.74, 6) is -2.50. The molecule has 0 saturated carbocycles. The average molecular weight is 526 g/mol. The Kier molecular flexibility index (Phi) is 11.4. The number of carboxylic acids is 1. The standard InChI is InChI=1S/C22H35N7O6S/c23-21(24)26-12-6-1-2-7-13-27-22(33)28-15-18(20(31)32)29(19(30)17-11-8-14-25-17)36(34,35)16-9-4-3-5-10-16/h3-5,9-10,17-18,25H,1-2,6-8,11-15H2,(H,31,32)(H4,23,24,26)(H2,27,28,33)/t17-,18-/m0/s1. The third-order valence-corrected chi connectivity index (χ3v) is 7.42. The molecule has 1 heterocycles. The molecular weight excluding hydrogens is 490 g/mol. The quantitative estimate of drug-likeness (QED) is 0.0969. The third kappa shape index (κ3) is 8.68. The molecule has 200 valence electrons. The lowest BCUT2D eigenvalue weighted by molar-refractivity contribution is -0.146. The van der Waals surface area contributed by atoms with E-state index in [2.05, 4.69) is 21.3 Å². The molecule has 1 saturated heterocycles. The van der Waals surface area contributed by atoms with Crippen molar-refractivity contribution in [3.05, 3.63) is 30.3 Å². The van der Waals surface area contributed by atoms with Crippen LogP contribution in [0.5, 0.6) is 0 Å². The van der Waals surface area contributed by atoms with E-state index in [1.165, 1.54) is 24.3 Å². The van der Waals surface area contributed by atoms with Crippen LogP contribution in [-0.2, 0) is 19.6 Å². The van der Waals surface area contributed by atoms with E-state index in [0.29, 0.717) is 43.2 Å². The summed E-state index contributed by atoms with van der Waals surface area (Å²) in [6.07, 6.45) is 4.22. The second-order valence-corrected chi connectivity index (χ2v) is 10.2. The summed E-state index contributed by atoms with van der Waals surface area (Å²) in [5, 5.41) is 27.5. The maximum Gasteiger partial charge on any atom is 0.329 e. The van der Waals surface area contributed by atoms with Gasteiger partial charge >= 0.3 is 12.0 Å². The van der Waals surface area contributed by atoms with Crippen molar-refractivity contribution in [2.24, 2.45) is 5.73 Å². The number of hydrogen-bond donors (Lipinski definition) is 7. The first-order chi connectivity index (χ1) is 17.1. The van der Waals surface area contributed by atoms with Crippen LogP contribution in [0.3, 0.4) is 0 Å². The van der Waals surface area contributed by atoms with Gasteiger partial charge in [-0.15, -0.1) is 0 Å². The lowest BCUT2D eigenvalue weighted by atomic mass is 10.2. The Bertz CT molecular complexity index is 999. The third-order valence-electron chi connectivity index (χ3n) is 5.60. The van der Waals surface area contributed by atoms with Crippen molar-refractivity contribution in [1.82, 2.24) is 25.6 Å². The van der Waals surface area contributed by atoms with E-state index in [9.17, 15) is 27.9 Å². The zero-order chi connectivity index (χ0) is 26.6. The van der Waals surface area contributed by atoms with Gasteiger partial charge in [-0.05, 0) is 44.4 Å². The monoisotopic (exact) mass is 525 g/mol. The summed E-state index contributed by atoms with van der Waals surface area (Å²) in [7, 11) is -4.50. The van der Waals surface area contributed by atoms with Gasteiger partial charge in [0.15, 0.2) is 12.0 Å². The van der Waals surface area contributed by atoms with Gasteiger partial charge in [-0.3, -0.25) is 10.2 Å². The average Bonchev–Trinajstić information content (AvgIpc) is 3.38. The Morgan fingerprint density at radius 2 is 1.72 bits per heavy atom. The lowest BCUT2D eigenvalue weighted by Crippen LogP contribution is -2.57. The van der Waals surface area contributed by atoms with Gasteiger partial charge in [0.05, 0.1) is 17.5 Å². The predicted octanol–water partition coefficient (Wildman–Crippen LogP) is -0.248. The summed E-state index contributed by atoms with van der Waals surface area (Å²) < 4.78 is 27.1. The predicted molar refractivity (Wildman–Crippen MR) is 133 cm³/mol. The first-order valence-corrected chi connectivity index (χ1v) is 13.3. The van der Waals surface area contributed by atoms with Gasteiger partial charge in [0.2, 0.25) is 0 Å². The van der Waals surface area contributed by atoms with Gasteiger partial charge in [-0.25, -0.2) is 22.3 Å². The molecule has 1 fully saturated rings. The highest BCUT2D eigenvalue weighted by molar-refractivity contribution is 7.89. The van der Waals surface area contributed by atoms with Gasteiger partial charge < -0.3 is 32.1 Å². The molecule has 13 nitrogen and oxygen atoms in total. The first-order valence-electron chi connectivity index (χ1n) is 11.8. The first kappa shape index (κ1) is 28.8. The fourth-order valence-electron chi connectivity index (χ4n) is 3.75. The zero-order valence-corrected chi connectivity index (χ0v) is 20.9. The second kappa shape index (κ2) is 14.2. The van der Waals surface area contributed by atoms with Crippen LogP contribution in [0.25, 0.3) is 0 Å². The minimum atomic E-state index is -4.50. The molecule has 0 aromatic heterocycles. The minimum absolute atomic E-state index is 0.0793. The van der Waals surface area contributed by atoms with Crippen LogP contribution in [0.2, 0.25) is 0 Å². The molecule has 2 atom stereocenters. The van der Waals surface area contributed by atoms with Crippen molar-refractivity contribution in [3.63, 3.8) is 0 Å². The van der Waals surface area contributed by atoms with Crippen LogP contribution in [0.15, 0.2) is 35.2 Å². The number of amides is 3. The normalized spacial score (nSPS) is 16.1. The molecule has 1 aliphatic rings. The highest BCUT2D eigenvalue weighted by Gasteiger charge is 2.43. The zero-order valence-electron chi connectivity index (χ0n) is 20.0. The number of unbranched alkanes of at least 4 members (excludes halogenated alkanes) is 3. The molecule has 3 amide bonds. The summed E-state index contributed by atoms with van der Waals surface area (Å²) in [4.78, 5) is 37.3. The highest BCUT2D eigenvalue weighted by atomic mass is 32.2. The Labute approximate surface area is 210 Å². The second-order valence-electron chi connectivity index (χ2n) is 8.35. The number of aliphatic carboxylic acids is 1. The van der Waals surface area contributed by atoms with E-state index in [-0.39, 0.29) is 10.9 Å². The van der Waals surface area contributed by atoms with E-state index in [1.54, 1.807) is 6.07 Å². The van der Waals surface area contributed by atoms with Crippen LogP contribution in [0, 0.1) is 5.41 Å². The number of benzene rings is 1. The Morgan fingerprint density at radius 3 is 2.28 bits per heavy atom. The molecule has 1 aliphatic heterocycles. The number of guanidine groups is 1. The Morgan fingerprint density at radius 1 is 1.08 bits per heavy atom. The molecule has 0 unspecified atom stereocenters. The molecule has 1 aromatic carbocycles. The lowest BCUT2D eigenvalue weighted by Gasteiger charge is -2.30. The van der Waals surface area contributed by atoms with E-state index >= 15 is 0 Å². The van der Waals surface area contributed by atoms with Crippen molar-refractivity contribution >= 4 is 33.9 Å². The number of sulfonamides is 1. The van der Waals surface area contributed by atoms with E-state index in [1.807, 2.05) is 0 Å². The number of nitrogens with zero attached hydrogens (tertiary/aromatic N) is 1. The highest BCUT2D eigenvalue weighted by Crippen LogP contribution is 2.22. The number of carboxylic acid groups (broad SMARTS) is 1. The van der Waals surface area contributed by atoms with Crippen molar-refractivity contribution in [2.75, 3.05) is 26.2 Å². The van der Waals surface area contributed by atoms with Gasteiger partial charge in [0.25, 0.3) is 15.9 Å². The van der Waals surface area contributed by atoms with E-state index in [0.717, 1.165) is 19.3 Å². The van der Waals surface area contributed by atoms with Crippen molar-refractivity contribution in [3.8, 4) is 0 Å². The number of nitrogens with two attached hydrogens (primary N) is 1. The molecule has 14 heteroatoms. The molecule has 0 bridgehead atoms. The molecule has 36 heavy (non-hydrogen) atoms. The number of urea groups is 1. The van der Waals surface area contributed by atoms with Crippen LogP contribution in [0.4, 0.5) is 4.79 Å². The Balaban J connectivity index is 1.99. The van der Waals surface area contributed by atoms with Crippen LogP contribution in [0.1, 0.15) is 38.5 Å². The molecule has 2 rings (SSSR count). The van der Waals surface area contributed by atoms with Gasteiger partial charge in [0.1, 0.15) is 0 Å². The van der Waals surface area contributed by atoms with Crippen molar-refractivity contribution < 1.29 is 27.9 Å². The molecule has 0 spiro atoms. The molecular formula is C22H35N7O6S. The number of rotatable bonds is 14. The maximum absolute atomic E-state index is 13.3. The number of carbonyl (C=O) groups excluding carboxylic acids is 2. The summed E-state index contributed by atoms with van der Waals surface area (Å²) in [6, 6.07) is 3.81. The largest absolute Gasteiger partial charge is 0.480 e. The molecule has 0 radical (unpaired) electrons. The number of carbonyl (C=O) groups is 3.